The Morgan fingerprint density at radius 1 is 1.06 bits per heavy atom. The number of amides is 2. The van der Waals surface area contributed by atoms with E-state index in [1.54, 1.807) is 42.5 Å². The molecule has 10 heteroatoms. The number of nitrogens with zero attached hydrogens (tertiary/aromatic N) is 2. The lowest BCUT2D eigenvalue weighted by atomic mass is 9.95. The first kappa shape index (κ1) is 24.1. The highest BCUT2D eigenvalue weighted by molar-refractivity contribution is 6.51. The highest BCUT2D eigenvalue weighted by atomic mass is 16.6. The predicted octanol–water partition coefficient (Wildman–Crippen LogP) is 4.19. The van der Waals surface area contributed by atoms with Gasteiger partial charge in [0, 0.05) is 36.0 Å². The predicted molar refractivity (Wildman–Crippen MR) is 132 cm³/mol. The Kier molecular flexibility index (Phi) is 6.51. The van der Waals surface area contributed by atoms with E-state index in [9.17, 15) is 29.6 Å². The second-order valence-corrected chi connectivity index (χ2v) is 7.98. The third-order valence-corrected chi connectivity index (χ3v) is 5.65. The van der Waals surface area contributed by atoms with Crippen molar-refractivity contribution in [1.82, 2.24) is 0 Å². The van der Waals surface area contributed by atoms with Gasteiger partial charge < -0.3 is 15.2 Å². The number of ether oxygens (including phenoxy) is 1. The highest BCUT2D eigenvalue weighted by Gasteiger charge is 2.47. The summed E-state index contributed by atoms with van der Waals surface area (Å²) in [5, 5.41) is 25.0. The fraction of sp³-hybridized carbons (Fsp3) is 0.115. The molecule has 0 aliphatic carbocycles. The molecule has 0 aromatic heterocycles. The van der Waals surface area contributed by atoms with Crippen molar-refractivity contribution >= 4 is 40.4 Å². The number of rotatable bonds is 6. The summed E-state index contributed by atoms with van der Waals surface area (Å²) in [5.74, 6) is -2.17. The number of aliphatic hydroxyl groups is 1. The summed E-state index contributed by atoms with van der Waals surface area (Å²) in [4.78, 5) is 49.9. The third-order valence-electron chi connectivity index (χ3n) is 5.65. The molecule has 2 N–H and O–H groups in total. The van der Waals surface area contributed by atoms with Crippen LogP contribution in [0.1, 0.15) is 24.1 Å². The lowest BCUT2D eigenvalue weighted by molar-refractivity contribution is -0.384. The summed E-state index contributed by atoms with van der Waals surface area (Å²) in [6, 6.07) is 17.1. The number of hydrogen-bond acceptors (Lipinski definition) is 7. The van der Waals surface area contributed by atoms with Crippen LogP contribution in [0, 0.1) is 10.1 Å². The monoisotopic (exact) mass is 487 g/mol. The Morgan fingerprint density at radius 3 is 2.39 bits per heavy atom. The van der Waals surface area contributed by atoms with Gasteiger partial charge in [0.2, 0.25) is 5.91 Å². The number of anilines is 2. The Bertz CT molecular complexity index is 1410. The van der Waals surface area contributed by atoms with E-state index in [1.807, 2.05) is 0 Å². The highest BCUT2D eigenvalue weighted by Crippen LogP contribution is 2.43. The average molecular weight is 487 g/mol. The zero-order valence-corrected chi connectivity index (χ0v) is 19.3. The van der Waals surface area contributed by atoms with Gasteiger partial charge in [0.05, 0.1) is 23.6 Å². The number of Topliss-reactive ketones (excluding diaryl/α,β-unsaturated/α-hetero) is 1. The summed E-state index contributed by atoms with van der Waals surface area (Å²) in [6.45, 7) is 1.34. The van der Waals surface area contributed by atoms with Crippen molar-refractivity contribution in [2.75, 3.05) is 17.3 Å². The molecule has 3 aromatic carbocycles. The zero-order valence-electron chi connectivity index (χ0n) is 19.3. The maximum Gasteiger partial charge on any atom is 0.300 e. The summed E-state index contributed by atoms with van der Waals surface area (Å²) in [6.07, 6.45) is 0. The molecule has 1 aliphatic heterocycles. The Morgan fingerprint density at radius 2 is 1.75 bits per heavy atom. The van der Waals surface area contributed by atoms with E-state index in [0.717, 1.165) is 6.07 Å². The van der Waals surface area contributed by atoms with Gasteiger partial charge in [0.25, 0.3) is 17.4 Å². The fourth-order valence-corrected chi connectivity index (χ4v) is 4.06. The van der Waals surface area contributed by atoms with Crippen molar-refractivity contribution < 1.29 is 29.2 Å². The molecule has 0 radical (unpaired) electrons. The average Bonchev–Trinajstić information content (AvgIpc) is 3.13. The molecule has 1 unspecified atom stereocenters. The van der Waals surface area contributed by atoms with E-state index >= 15 is 0 Å². The number of carbonyl (C=O) groups excluding carboxylic acids is 3. The number of benzene rings is 3. The van der Waals surface area contributed by atoms with Crippen molar-refractivity contribution in [2.45, 2.75) is 13.0 Å². The number of nitrogens with one attached hydrogen (secondary N) is 1. The number of hydrogen-bond donors (Lipinski definition) is 2. The van der Waals surface area contributed by atoms with Crippen molar-refractivity contribution in [3.63, 3.8) is 0 Å². The van der Waals surface area contributed by atoms with E-state index in [2.05, 4.69) is 5.32 Å². The van der Waals surface area contributed by atoms with Gasteiger partial charge >= 0.3 is 0 Å². The minimum Gasteiger partial charge on any atom is -0.507 e. The molecule has 0 saturated carbocycles. The molecule has 1 fully saturated rings. The summed E-state index contributed by atoms with van der Waals surface area (Å²) >= 11 is 0. The van der Waals surface area contributed by atoms with Crippen LogP contribution in [-0.2, 0) is 14.4 Å². The first-order valence-electron chi connectivity index (χ1n) is 10.8. The molecule has 1 atom stereocenters. The van der Waals surface area contributed by atoms with Gasteiger partial charge in [-0.1, -0.05) is 30.3 Å². The Hall–Kier alpha value is -4.99. The SMILES string of the molecule is COc1ccc(C2/C(=C(/O)c3cccc([N+](=O)[O-])c3)C(=O)C(=O)N2c2cccc(NC(C)=O)c2)cc1. The van der Waals surface area contributed by atoms with E-state index in [-0.39, 0.29) is 22.7 Å². The van der Waals surface area contributed by atoms with Crippen LogP contribution < -0.4 is 15.0 Å². The van der Waals surface area contributed by atoms with Crippen LogP contribution in [0.15, 0.2) is 78.4 Å². The van der Waals surface area contributed by atoms with Gasteiger partial charge in [-0.3, -0.25) is 29.4 Å². The maximum absolute atomic E-state index is 13.3. The van der Waals surface area contributed by atoms with Crippen LogP contribution in [0.25, 0.3) is 5.76 Å². The number of nitro benzene ring substituents is 1. The lowest BCUT2D eigenvalue weighted by Crippen LogP contribution is -2.29. The molecule has 0 spiro atoms. The standard InChI is InChI=1S/C26H21N3O7/c1-15(30)27-18-6-4-7-19(14-18)28-23(16-9-11-21(36-2)12-10-16)22(25(32)26(28)33)24(31)17-5-3-8-20(13-17)29(34)35/h3-14,23,31H,1-2H3,(H,27,30)/b24-22-. The smallest absolute Gasteiger partial charge is 0.300 e. The number of methoxy groups -OCH3 is 1. The number of aliphatic hydroxyl groups excluding tert-OH is 1. The molecule has 36 heavy (non-hydrogen) atoms. The van der Waals surface area contributed by atoms with Crippen LogP contribution in [0.3, 0.4) is 0 Å². The minimum absolute atomic E-state index is 0.0210. The van der Waals surface area contributed by atoms with E-state index < -0.39 is 28.4 Å². The zero-order chi connectivity index (χ0) is 26.0. The van der Waals surface area contributed by atoms with Crippen LogP contribution in [0.4, 0.5) is 17.1 Å². The maximum atomic E-state index is 13.3. The molecule has 1 heterocycles. The number of carbonyl (C=O) groups is 3. The van der Waals surface area contributed by atoms with Crippen molar-refractivity contribution in [2.24, 2.45) is 0 Å². The molecule has 0 bridgehead atoms. The second-order valence-electron chi connectivity index (χ2n) is 7.98. The minimum atomic E-state index is -1.05. The molecule has 4 rings (SSSR count). The van der Waals surface area contributed by atoms with Gasteiger partial charge in [-0.15, -0.1) is 0 Å². The molecule has 1 aliphatic rings. The van der Waals surface area contributed by atoms with Gasteiger partial charge in [-0.25, -0.2) is 0 Å². The van der Waals surface area contributed by atoms with E-state index in [4.69, 9.17) is 4.74 Å². The van der Waals surface area contributed by atoms with Crippen LogP contribution >= 0.6 is 0 Å². The first-order chi connectivity index (χ1) is 17.2. The van der Waals surface area contributed by atoms with Gasteiger partial charge in [0.1, 0.15) is 11.5 Å². The molecule has 182 valence electrons. The van der Waals surface area contributed by atoms with Gasteiger partial charge in [0.15, 0.2) is 0 Å². The summed E-state index contributed by atoms with van der Waals surface area (Å²) in [5.41, 5.74) is 0.726. The van der Waals surface area contributed by atoms with Crippen molar-refractivity contribution in [3.05, 3.63) is 99.6 Å². The number of non-ortho nitro benzene ring substituents is 1. The normalized spacial score (nSPS) is 16.6. The van der Waals surface area contributed by atoms with E-state index in [1.165, 1.54) is 43.2 Å². The van der Waals surface area contributed by atoms with Crippen molar-refractivity contribution in [3.8, 4) is 5.75 Å². The first-order valence-corrected chi connectivity index (χ1v) is 10.8. The van der Waals surface area contributed by atoms with E-state index in [0.29, 0.717) is 22.7 Å². The molecule has 3 aromatic rings. The molecule has 2 amide bonds. The Labute approximate surface area is 205 Å². The molecular formula is C26H21N3O7. The fourth-order valence-electron chi connectivity index (χ4n) is 4.06. The third kappa shape index (κ3) is 4.51. The summed E-state index contributed by atoms with van der Waals surface area (Å²) < 4.78 is 5.20. The molecular weight excluding hydrogens is 466 g/mol. The molecule has 1 saturated heterocycles. The van der Waals surface area contributed by atoms with Crippen LogP contribution in [0.5, 0.6) is 5.75 Å². The van der Waals surface area contributed by atoms with Gasteiger partial charge in [-0.2, -0.15) is 0 Å². The van der Waals surface area contributed by atoms with Crippen molar-refractivity contribution in [1.29, 1.82) is 0 Å². The quantitative estimate of drug-likeness (QED) is 0.175. The van der Waals surface area contributed by atoms with Crippen LogP contribution in [0.2, 0.25) is 0 Å². The largest absolute Gasteiger partial charge is 0.507 e. The second kappa shape index (κ2) is 9.71. The number of ketones is 1. The lowest BCUT2D eigenvalue weighted by Gasteiger charge is -2.26. The van der Waals surface area contributed by atoms with Gasteiger partial charge in [-0.05, 0) is 35.9 Å². The topological polar surface area (TPSA) is 139 Å². The van der Waals surface area contributed by atoms with Crippen LogP contribution in [-0.4, -0.2) is 34.7 Å². The Balaban J connectivity index is 1.92. The molecule has 10 nitrogen and oxygen atoms in total. The number of nitro groups is 1. The summed E-state index contributed by atoms with van der Waals surface area (Å²) in [7, 11) is 1.50.